The Morgan fingerprint density at radius 2 is 2.09 bits per heavy atom. The van der Waals surface area contributed by atoms with Gasteiger partial charge in [-0.05, 0) is 13.8 Å². The zero-order valence-corrected chi connectivity index (χ0v) is 13.1. The van der Waals surface area contributed by atoms with Gasteiger partial charge in [0.25, 0.3) is 5.92 Å². The van der Waals surface area contributed by atoms with E-state index in [0.29, 0.717) is 11.5 Å². The number of hydrogen-bond acceptors (Lipinski definition) is 5. The molecule has 1 aliphatic rings. The van der Waals surface area contributed by atoms with Crippen LogP contribution in [0.15, 0.2) is 12.3 Å². The van der Waals surface area contributed by atoms with Gasteiger partial charge in [0.2, 0.25) is 0 Å². The number of ether oxygens (including phenoxy) is 1. The second kappa shape index (κ2) is 5.75. The number of fused-ring (bicyclic) bond motifs is 1. The van der Waals surface area contributed by atoms with Gasteiger partial charge in [-0.1, -0.05) is 0 Å². The van der Waals surface area contributed by atoms with Gasteiger partial charge in [0, 0.05) is 37.7 Å². The molecular formula is C15H18F2N4O2. The number of nitrogens with zero attached hydrogens (tertiary/aromatic N) is 4. The highest BCUT2D eigenvalue weighted by Gasteiger charge is 2.34. The highest BCUT2D eigenvalue weighted by molar-refractivity contribution is 5.95. The van der Waals surface area contributed by atoms with Crippen LogP contribution < -0.4 is 4.90 Å². The average molecular weight is 324 g/mol. The number of hydrogen-bond donors (Lipinski definition) is 0. The molecule has 124 valence electrons. The first-order chi connectivity index (χ1) is 10.9. The first-order valence-corrected chi connectivity index (χ1v) is 7.56. The molecule has 3 rings (SSSR count). The van der Waals surface area contributed by atoms with Crippen LogP contribution in [0.4, 0.5) is 14.6 Å². The van der Waals surface area contributed by atoms with E-state index in [-0.39, 0.29) is 38.1 Å². The van der Waals surface area contributed by atoms with E-state index in [1.807, 2.05) is 11.8 Å². The van der Waals surface area contributed by atoms with Crippen molar-refractivity contribution in [1.82, 2.24) is 14.6 Å². The van der Waals surface area contributed by atoms with Crippen LogP contribution in [-0.4, -0.2) is 46.2 Å². The number of aromatic nitrogens is 3. The largest absolute Gasteiger partial charge is 0.462 e. The molecule has 2 aromatic rings. The molecule has 0 N–H and O–H groups in total. The Morgan fingerprint density at radius 1 is 1.39 bits per heavy atom. The van der Waals surface area contributed by atoms with Crippen molar-refractivity contribution in [3.63, 3.8) is 0 Å². The maximum absolute atomic E-state index is 13.3. The van der Waals surface area contributed by atoms with Crippen molar-refractivity contribution in [2.24, 2.45) is 0 Å². The number of rotatable bonds is 3. The fourth-order valence-corrected chi connectivity index (χ4v) is 2.67. The Kier molecular flexibility index (Phi) is 3.91. The second-order valence-corrected chi connectivity index (χ2v) is 5.61. The summed E-state index contributed by atoms with van der Waals surface area (Å²) in [5.41, 5.74) is 1.44. The number of carbonyl (C=O) groups excluding carboxylic acids is 1. The minimum Gasteiger partial charge on any atom is -0.462 e. The van der Waals surface area contributed by atoms with E-state index in [1.54, 1.807) is 17.5 Å². The van der Waals surface area contributed by atoms with Crippen LogP contribution in [0.5, 0.6) is 0 Å². The summed E-state index contributed by atoms with van der Waals surface area (Å²) in [5, 5.41) is 4.15. The lowest BCUT2D eigenvalue weighted by Gasteiger charge is -2.32. The van der Waals surface area contributed by atoms with E-state index in [4.69, 9.17) is 4.74 Å². The first kappa shape index (κ1) is 15.6. The van der Waals surface area contributed by atoms with E-state index < -0.39 is 11.9 Å². The lowest BCUT2D eigenvalue weighted by atomic mass is 10.1. The van der Waals surface area contributed by atoms with Gasteiger partial charge in [0.05, 0.1) is 12.8 Å². The standard InChI is InChI=1S/C15H18F2N4O2/c1-3-23-14(22)11-9-18-21-10(2)8-12(19-13(11)21)20-6-4-15(16,17)5-7-20/h8-9H,3-7H2,1-2H3. The molecule has 0 bridgehead atoms. The Labute approximate surface area is 132 Å². The normalized spacial score (nSPS) is 17.5. The molecule has 1 saturated heterocycles. The smallest absolute Gasteiger partial charge is 0.343 e. The molecule has 0 atom stereocenters. The van der Waals surface area contributed by atoms with Crippen LogP contribution in [0.1, 0.15) is 35.8 Å². The predicted octanol–water partition coefficient (Wildman–Crippen LogP) is 2.45. The molecule has 0 aliphatic carbocycles. The molecule has 1 fully saturated rings. The van der Waals surface area contributed by atoms with Gasteiger partial charge in [0.15, 0.2) is 5.65 Å². The van der Waals surface area contributed by atoms with Crippen LogP contribution in [0.3, 0.4) is 0 Å². The van der Waals surface area contributed by atoms with Gasteiger partial charge in [-0.25, -0.2) is 23.1 Å². The number of aryl methyl sites for hydroxylation is 1. The Hall–Kier alpha value is -2.25. The summed E-state index contributed by atoms with van der Waals surface area (Å²) in [5.74, 6) is -2.52. The van der Waals surface area contributed by atoms with E-state index in [1.165, 1.54) is 6.20 Å². The highest BCUT2D eigenvalue weighted by Crippen LogP contribution is 2.30. The summed E-state index contributed by atoms with van der Waals surface area (Å²) in [6.07, 6.45) is 1.03. The highest BCUT2D eigenvalue weighted by atomic mass is 19.3. The quantitative estimate of drug-likeness (QED) is 0.812. The van der Waals surface area contributed by atoms with Crippen molar-refractivity contribution in [3.8, 4) is 0 Å². The Morgan fingerprint density at radius 3 is 2.74 bits per heavy atom. The summed E-state index contributed by atoms with van der Waals surface area (Å²) < 4.78 is 33.2. The Bertz CT molecular complexity index is 734. The zero-order chi connectivity index (χ0) is 16.6. The molecule has 0 radical (unpaired) electrons. The van der Waals surface area contributed by atoms with Gasteiger partial charge >= 0.3 is 5.97 Å². The van der Waals surface area contributed by atoms with Gasteiger partial charge in [-0.15, -0.1) is 0 Å². The van der Waals surface area contributed by atoms with Gasteiger partial charge in [-0.2, -0.15) is 5.10 Å². The molecule has 0 unspecified atom stereocenters. The van der Waals surface area contributed by atoms with E-state index in [0.717, 1.165) is 5.69 Å². The van der Waals surface area contributed by atoms with Crippen molar-refractivity contribution in [2.45, 2.75) is 32.6 Å². The summed E-state index contributed by atoms with van der Waals surface area (Å²) in [4.78, 5) is 18.2. The molecule has 0 amide bonds. The minimum absolute atomic E-state index is 0.192. The third-order valence-corrected chi connectivity index (χ3v) is 3.95. The number of piperidine rings is 1. The van der Waals surface area contributed by atoms with Crippen LogP contribution in [0, 0.1) is 6.92 Å². The maximum Gasteiger partial charge on any atom is 0.343 e. The number of alkyl halides is 2. The van der Waals surface area contributed by atoms with Crippen molar-refractivity contribution in [3.05, 3.63) is 23.5 Å². The van der Waals surface area contributed by atoms with Crippen LogP contribution in [0.25, 0.3) is 5.65 Å². The monoisotopic (exact) mass is 324 g/mol. The summed E-state index contributed by atoms with van der Waals surface area (Å²) in [6.45, 7) is 4.29. The van der Waals surface area contributed by atoms with Gasteiger partial charge in [-0.3, -0.25) is 0 Å². The van der Waals surface area contributed by atoms with E-state index in [9.17, 15) is 13.6 Å². The third-order valence-electron chi connectivity index (χ3n) is 3.95. The fraction of sp³-hybridized carbons (Fsp3) is 0.533. The van der Waals surface area contributed by atoms with E-state index >= 15 is 0 Å². The van der Waals surface area contributed by atoms with Crippen molar-refractivity contribution in [2.75, 3.05) is 24.6 Å². The maximum atomic E-state index is 13.3. The molecule has 6 nitrogen and oxygen atoms in total. The molecule has 3 heterocycles. The third kappa shape index (κ3) is 2.97. The number of halogens is 2. The van der Waals surface area contributed by atoms with Crippen LogP contribution in [-0.2, 0) is 4.74 Å². The molecule has 23 heavy (non-hydrogen) atoms. The molecular weight excluding hydrogens is 306 g/mol. The zero-order valence-electron chi connectivity index (χ0n) is 13.1. The van der Waals surface area contributed by atoms with Crippen LogP contribution in [0.2, 0.25) is 0 Å². The van der Waals surface area contributed by atoms with Crippen molar-refractivity contribution < 1.29 is 18.3 Å². The minimum atomic E-state index is -2.61. The lowest BCUT2D eigenvalue weighted by molar-refractivity contribution is -0.0221. The predicted molar refractivity (Wildman–Crippen MR) is 80.1 cm³/mol. The molecule has 1 aliphatic heterocycles. The summed E-state index contributed by atoms with van der Waals surface area (Å²) in [6, 6.07) is 1.79. The molecule has 0 saturated carbocycles. The Balaban J connectivity index is 1.96. The fourth-order valence-electron chi connectivity index (χ4n) is 2.67. The summed E-state index contributed by atoms with van der Waals surface area (Å²) in [7, 11) is 0. The molecule has 8 heteroatoms. The van der Waals surface area contributed by atoms with Crippen molar-refractivity contribution in [1.29, 1.82) is 0 Å². The average Bonchev–Trinajstić information content (AvgIpc) is 2.92. The first-order valence-electron chi connectivity index (χ1n) is 7.56. The van der Waals surface area contributed by atoms with E-state index in [2.05, 4.69) is 10.1 Å². The molecule has 0 spiro atoms. The number of esters is 1. The van der Waals surface area contributed by atoms with Gasteiger partial charge < -0.3 is 9.64 Å². The molecule has 2 aromatic heterocycles. The summed E-state index contributed by atoms with van der Waals surface area (Å²) >= 11 is 0. The number of carbonyl (C=O) groups is 1. The lowest BCUT2D eigenvalue weighted by Crippen LogP contribution is -2.39. The topological polar surface area (TPSA) is 59.7 Å². The SMILES string of the molecule is CCOC(=O)c1cnn2c(C)cc(N3CCC(F)(F)CC3)nc12. The van der Waals surface area contributed by atoms with Crippen LogP contribution >= 0.6 is 0 Å². The second-order valence-electron chi connectivity index (χ2n) is 5.61. The number of anilines is 1. The molecule has 0 aromatic carbocycles. The van der Waals surface area contributed by atoms with Gasteiger partial charge in [0.1, 0.15) is 11.4 Å². The van der Waals surface area contributed by atoms with Crippen molar-refractivity contribution >= 4 is 17.4 Å².